The third-order valence-corrected chi connectivity index (χ3v) is 2.91. The molecule has 1 heterocycles. The van der Waals surface area contributed by atoms with Gasteiger partial charge < -0.3 is 9.47 Å². The standard InChI is InChI=1S/C12H20ClN3O/c1-3-5-8-15(7-4-2)11(17)10-16-9-6-14-12(16)13/h6,9H,3-5,7-8,10H2,1-2H3. The van der Waals surface area contributed by atoms with Crippen LogP contribution in [0.5, 0.6) is 0 Å². The van der Waals surface area contributed by atoms with E-state index in [-0.39, 0.29) is 12.5 Å². The summed E-state index contributed by atoms with van der Waals surface area (Å²) in [6, 6.07) is 0. The van der Waals surface area contributed by atoms with Gasteiger partial charge in [0, 0.05) is 25.5 Å². The molecule has 1 aromatic rings. The molecule has 17 heavy (non-hydrogen) atoms. The van der Waals surface area contributed by atoms with Crippen LogP contribution in [0.25, 0.3) is 0 Å². The van der Waals surface area contributed by atoms with Crippen molar-refractivity contribution in [2.75, 3.05) is 13.1 Å². The third kappa shape index (κ3) is 4.38. The molecule has 1 rings (SSSR count). The molecular weight excluding hydrogens is 238 g/mol. The Morgan fingerprint density at radius 1 is 1.41 bits per heavy atom. The average Bonchev–Trinajstić information content (AvgIpc) is 2.70. The Morgan fingerprint density at radius 3 is 2.71 bits per heavy atom. The number of carbonyl (C=O) groups excluding carboxylic acids is 1. The van der Waals surface area contributed by atoms with E-state index in [4.69, 9.17) is 11.6 Å². The number of rotatable bonds is 7. The van der Waals surface area contributed by atoms with Crippen LogP contribution in [0.1, 0.15) is 33.1 Å². The molecule has 0 unspecified atom stereocenters. The maximum absolute atomic E-state index is 12.1. The van der Waals surface area contributed by atoms with E-state index in [1.165, 1.54) is 0 Å². The van der Waals surface area contributed by atoms with Crippen LogP contribution in [-0.2, 0) is 11.3 Å². The molecule has 0 N–H and O–H groups in total. The molecule has 0 fully saturated rings. The number of nitrogens with zero attached hydrogens (tertiary/aromatic N) is 3. The van der Waals surface area contributed by atoms with Gasteiger partial charge in [-0.15, -0.1) is 0 Å². The van der Waals surface area contributed by atoms with E-state index in [2.05, 4.69) is 18.8 Å². The van der Waals surface area contributed by atoms with Crippen LogP contribution in [-0.4, -0.2) is 33.4 Å². The number of halogens is 1. The minimum Gasteiger partial charge on any atom is -0.341 e. The largest absolute Gasteiger partial charge is 0.341 e. The monoisotopic (exact) mass is 257 g/mol. The maximum Gasteiger partial charge on any atom is 0.242 e. The molecule has 0 saturated heterocycles. The number of carbonyl (C=O) groups is 1. The lowest BCUT2D eigenvalue weighted by Gasteiger charge is -2.22. The predicted molar refractivity (Wildman–Crippen MR) is 69.0 cm³/mol. The van der Waals surface area contributed by atoms with Gasteiger partial charge in [0.2, 0.25) is 11.2 Å². The summed E-state index contributed by atoms with van der Waals surface area (Å²) in [6.07, 6.45) is 6.45. The number of unbranched alkanes of at least 4 members (excludes halogenated alkanes) is 1. The Bertz CT molecular complexity index is 351. The third-order valence-electron chi connectivity index (χ3n) is 2.60. The topological polar surface area (TPSA) is 38.1 Å². The Morgan fingerprint density at radius 2 is 2.18 bits per heavy atom. The molecule has 1 amide bonds. The number of hydrogen-bond donors (Lipinski definition) is 0. The first-order chi connectivity index (χ1) is 8.19. The zero-order valence-corrected chi connectivity index (χ0v) is 11.3. The summed E-state index contributed by atoms with van der Waals surface area (Å²) in [5, 5.41) is 0.366. The van der Waals surface area contributed by atoms with Gasteiger partial charge in [-0.3, -0.25) is 4.79 Å². The summed E-state index contributed by atoms with van der Waals surface area (Å²) >= 11 is 5.85. The lowest BCUT2D eigenvalue weighted by Crippen LogP contribution is -2.35. The molecule has 0 spiro atoms. The minimum absolute atomic E-state index is 0.111. The van der Waals surface area contributed by atoms with Crippen molar-refractivity contribution in [2.45, 2.75) is 39.7 Å². The molecule has 0 aliphatic carbocycles. The molecule has 96 valence electrons. The number of aromatic nitrogens is 2. The fourth-order valence-electron chi connectivity index (χ4n) is 1.65. The van der Waals surface area contributed by atoms with Crippen molar-refractivity contribution >= 4 is 17.5 Å². The molecule has 4 nitrogen and oxygen atoms in total. The highest BCUT2D eigenvalue weighted by molar-refractivity contribution is 6.28. The highest BCUT2D eigenvalue weighted by Gasteiger charge is 2.13. The molecule has 5 heteroatoms. The number of imidazole rings is 1. The summed E-state index contributed by atoms with van der Waals surface area (Å²) in [6.45, 7) is 6.13. The lowest BCUT2D eigenvalue weighted by molar-refractivity contribution is -0.132. The van der Waals surface area contributed by atoms with Crippen molar-refractivity contribution in [2.24, 2.45) is 0 Å². The second-order valence-corrected chi connectivity index (χ2v) is 4.40. The van der Waals surface area contributed by atoms with Gasteiger partial charge in [0.25, 0.3) is 0 Å². The zero-order chi connectivity index (χ0) is 12.7. The predicted octanol–water partition coefficient (Wildman–Crippen LogP) is 2.58. The van der Waals surface area contributed by atoms with Crippen LogP contribution in [0.15, 0.2) is 12.4 Å². The highest BCUT2D eigenvalue weighted by Crippen LogP contribution is 2.06. The quantitative estimate of drug-likeness (QED) is 0.753. The Balaban J connectivity index is 2.55. The van der Waals surface area contributed by atoms with Crippen molar-refractivity contribution in [3.05, 3.63) is 17.7 Å². The second-order valence-electron chi connectivity index (χ2n) is 4.06. The van der Waals surface area contributed by atoms with Crippen molar-refractivity contribution in [1.29, 1.82) is 0 Å². The average molecular weight is 258 g/mol. The summed E-state index contributed by atoms with van der Waals surface area (Å²) in [5.74, 6) is 0.111. The van der Waals surface area contributed by atoms with Gasteiger partial charge in [-0.25, -0.2) is 4.98 Å². The van der Waals surface area contributed by atoms with Crippen molar-refractivity contribution < 1.29 is 4.79 Å². The summed E-state index contributed by atoms with van der Waals surface area (Å²) in [7, 11) is 0. The Labute approximate surface area is 108 Å². The first-order valence-corrected chi connectivity index (χ1v) is 6.51. The van der Waals surface area contributed by atoms with Crippen LogP contribution in [0.2, 0.25) is 5.28 Å². The van der Waals surface area contributed by atoms with Gasteiger partial charge in [-0.2, -0.15) is 0 Å². The molecule has 0 aliphatic rings. The van der Waals surface area contributed by atoms with Crippen molar-refractivity contribution in [1.82, 2.24) is 14.5 Å². The van der Waals surface area contributed by atoms with E-state index in [0.717, 1.165) is 32.4 Å². The first-order valence-electron chi connectivity index (χ1n) is 6.13. The molecule has 0 saturated carbocycles. The van der Waals surface area contributed by atoms with Crippen LogP contribution < -0.4 is 0 Å². The highest BCUT2D eigenvalue weighted by atomic mass is 35.5. The second kappa shape index (κ2) is 7.33. The molecule has 0 bridgehead atoms. The first kappa shape index (κ1) is 14.0. The molecule has 0 atom stereocenters. The SMILES string of the molecule is CCCCN(CCC)C(=O)Cn1ccnc1Cl. The molecular formula is C12H20ClN3O. The molecule has 0 radical (unpaired) electrons. The summed E-state index contributed by atoms with van der Waals surface area (Å²) in [5.41, 5.74) is 0. The molecule has 0 aromatic carbocycles. The lowest BCUT2D eigenvalue weighted by atomic mass is 10.3. The molecule has 1 aromatic heterocycles. The zero-order valence-electron chi connectivity index (χ0n) is 10.5. The van der Waals surface area contributed by atoms with E-state index in [1.54, 1.807) is 17.0 Å². The number of amides is 1. The van der Waals surface area contributed by atoms with Crippen LogP contribution in [0.3, 0.4) is 0 Å². The van der Waals surface area contributed by atoms with E-state index in [9.17, 15) is 4.79 Å². The van der Waals surface area contributed by atoms with Crippen LogP contribution in [0.4, 0.5) is 0 Å². The Hall–Kier alpha value is -1.03. The van der Waals surface area contributed by atoms with Gasteiger partial charge in [-0.05, 0) is 24.4 Å². The fraction of sp³-hybridized carbons (Fsp3) is 0.667. The molecule has 0 aliphatic heterocycles. The Kier molecular flexibility index (Phi) is 6.05. The van der Waals surface area contributed by atoms with Crippen LogP contribution >= 0.6 is 11.6 Å². The summed E-state index contributed by atoms with van der Waals surface area (Å²) in [4.78, 5) is 17.9. The van der Waals surface area contributed by atoms with Gasteiger partial charge in [0.05, 0.1) is 0 Å². The van der Waals surface area contributed by atoms with Crippen molar-refractivity contribution in [3.63, 3.8) is 0 Å². The maximum atomic E-state index is 12.1. The van der Waals surface area contributed by atoms with Crippen molar-refractivity contribution in [3.8, 4) is 0 Å². The van der Waals surface area contributed by atoms with E-state index < -0.39 is 0 Å². The smallest absolute Gasteiger partial charge is 0.242 e. The fourth-order valence-corrected chi connectivity index (χ4v) is 1.83. The van der Waals surface area contributed by atoms with E-state index in [0.29, 0.717) is 5.28 Å². The van der Waals surface area contributed by atoms with E-state index in [1.807, 2.05) is 4.90 Å². The van der Waals surface area contributed by atoms with Gasteiger partial charge in [0.1, 0.15) is 6.54 Å². The van der Waals surface area contributed by atoms with Gasteiger partial charge in [-0.1, -0.05) is 20.3 Å². The minimum atomic E-state index is 0.111. The van der Waals surface area contributed by atoms with Gasteiger partial charge in [0.15, 0.2) is 0 Å². The van der Waals surface area contributed by atoms with Gasteiger partial charge >= 0.3 is 0 Å². The van der Waals surface area contributed by atoms with Crippen LogP contribution in [0, 0.1) is 0 Å². The van der Waals surface area contributed by atoms with E-state index >= 15 is 0 Å². The number of hydrogen-bond acceptors (Lipinski definition) is 2. The summed E-state index contributed by atoms with van der Waals surface area (Å²) < 4.78 is 1.67. The normalized spacial score (nSPS) is 10.5.